The summed E-state index contributed by atoms with van der Waals surface area (Å²) in [5.41, 5.74) is 3.04. The molecule has 0 saturated carbocycles. The van der Waals surface area contributed by atoms with Crippen molar-refractivity contribution in [2.24, 2.45) is 0 Å². The third kappa shape index (κ3) is 3.94. The van der Waals surface area contributed by atoms with Crippen LogP contribution in [0.1, 0.15) is 16.3 Å². The van der Waals surface area contributed by atoms with E-state index in [2.05, 4.69) is 29.2 Å². The predicted octanol–water partition coefficient (Wildman–Crippen LogP) is 4.66. The van der Waals surface area contributed by atoms with E-state index in [4.69, 9.17) is 13.6 Å². The second kappa shape index (κ2) is 8.32. The van der Waals surface area contributed by atoms with Gasteiger partial charge in [-0.3, -0.25) is 9.69 Å². The van der Waals surface area contributed by atoms with Gasteiger partial charge in [-0.1, -0.05) is 24.3 Å². The van der Waals surface area contributed by atoms with Gasteiger partial charge >= 0.3 is 0 Å². The summed E-state index contributed by atoms with van der Waals surface area (Å²) in [6.45, 7) is 3.68. The molecule has 1 fully saturated rings. The van der Waals surface area contributed by atoms with Crippen LogP contribution in [0.15, 0.2) is 75.8 Å². The lowest BCUT2D eigenvalue weighted by molar-refractivity contribution is 0.0590. The predicted molar refractivity (Wildman–Crippen MR) is 118 cm³/mol. The number of amides is 1. The van der Waals surface area contributed by atoms with Gasteiger partial charge in [-0.05, 0) is 42.0 Å². The average Bonchev–Trinajstić information content (AvgIpc) is 3.48. The maximum atomic E-state index is 12.4. The SMILES string of the molecule is COc1ccccc1-c1ccc2oc(CN3CCN(C(=O)c4ccco4)CC3)cc2c1. The van der Waals surface area contributed by atoms with E-state index in [0.29, 0.717) is 18.8 Å². The third-order valence-corrected chi connectivity index (χ3v) is 5.76. The molecule has 2 aromatic heterocycles. The lowest BCUT2D eigenvalue weighted by atomic mass is 10.0. The molecule has 1 amide bonds. The first-order valence-electron chi connectivity index (χ1n) is 10.4. The molecule has 158 valence electrons. The highest BCUT2D eigenvalue weighted by molar-refractivity contribution is 5.91. The molecule has 0 spiro atoms. The number of benzene rings is 2. The standard InChI is InChI=1S/C25H24N2O4/c1-29-23-6-3-2-5-21(23)18-8-9-22-19(15-18)16-20(31-22)17-26-10-12-27(13-11-26)25(28)24-7-4-14-30-24/h2-9,14-16H,10-13,17H2,1H3. The highest BCUT2D eigenvalue weighted by atomic mass is 16.5. The minimum Gasteiger partial charge on any atom is -0.496 e. The number of fused-ring (bicyclic) bond motifs is 1. The van der Waals surface area contributed by atoms with Crippen molar-refractivity contribution in [3.63, 3.8) is 0 Å². The fourth-order valence-corrected chi connectivity index (χ4v) is 4.11. The normalized spacial score (nSPS) is 14.8. The molecule has 0 aliphatic carbocycles. The molecule has 6 heteroatoms. The van der Waals surface area contributed by atoms with Gasteiger partial charge in [0.05, 0.1) is 19.9 Å². The van der Waals surface area contributed by atoms with E-state index in [1.807, 2.05) is 29.2 Å². The van der Waals surface area contributed by atoms with Gasteiger partial charge in [0.2, 0.25) is 0 Å². The van der Waals surface area contributed by atoms with Crippen LogP contribution in [0.25, 0.3) is 22.1 Å². The lowest BCUT2D eigenvalue weighted by Crippen LogP contribution is -2.48. The van der Waals surface area contributed by atoms with Gasteiger partial charge in [-0.25, -0.2) is 0 Å². The minimum absolute atomic E-state index is 0.0442. The maximum Gasteiger partial charge on any atom is 0.289 e. The van der Waals surface area contributed by atoms with E-state index in [1.165, 1.54) is 6.26 Å². The maximum absolute atomic E-state index is 12.4. The number of hydrogen-bond donors (Lipinski definition) is 0. The Morgan fingerprint density at radius 1 is 1.00 bits per heavy atom. The van der Waals surface area contributed by atoms with Crippen LogP contribution in [0.5, 0.6) is 5.75 Å². The van der Waals surface area contributed by atoms with E-state index in [9.17, 15) is 4.79 Å². The van der Waals surface area contributed by atoms with Gasteiger partial charge in [0.1, 0.15) is 17.1 Å². The number of carbonyl (C=O) groups excluding carboxylic acids is 1. The van der Waals surface area contributed by atoms with E-state index in [1.54, 1.807) is 19.2 Å². The molecular weight excluding hydrogens is 392 g/mol. The van der Waals surface area contributed by atoms with Crippen molar-refractivity contribution in [2.75, 3.05) is 33.3 Å². The average molecular weight is 416 g/mol. The molecular formula is C25H24N2O4. The molecule has 0 atom stereocenters. The van der Waals surface area contributed by atoms with Crippen LogP contribution in [0.4, 0.5) is 0 Å². The van der Waals surface area contributed by atoms with Crippen molar-refractivity contribution in [2.45, 2.75) is 6.54 Å². The molecule has 0 radical (unpaired) electrons. The highest BCUT2D eigenvalue weighted by Crippen LogP contribution is 2.32. The Hall–Kier alpha value is -3.51. The van der Waals surface area contributed by atoms with Crippen molar-refractivity contribution >= 4 is 16.9 Å². The van der Waals surface area contributed by atoms with Gasteiger partial charge in [0.25, 0.3) is 5.91 Å². The molecule has 0 unspecified atom stereocenters. The number of methoxy groups -OCH3 is 1. The van der Waals surface area contributed by atoms with Crippen LogP contribution in [0.2, 0.25) is 0 Å². The van der Waals surface area contributed by atoms with Crippen molar-refractivity contribution in [3.8, 4) is 16.9 Å². The molecule has 0 bridgehead atoms. The van der Waals surface area contributed by atoms with Gasteiger partial charge < -0.3 is 18.5 Å². The summed E-state index contributed by atoms with van der Waals surface area (Å²) in [7, 11) is 1.69. The number of hydrogen-bond acceptors (Lipinski definition) is 5. The second-order valence-corrected chi connectivity index (χ2v) is 7.71. The minimum atomic E-state index is -0.0442. The topological polar surface area (TPSA) is 59.1 Å². The molecule has 1 aliphatic rings. The van der Waals surface area contributed by atoms with Crippen LogP contribution in [0.3, 0.4) is 0 Å². The summed E-state index contributed by atoms with van der Waals surface area (Å²) in [5.74, 6) is 2.14. The molecule has 3 heterocycles. The zero-order valence-corrected chi connectivity index (χ0v) is 17.4. The first-order valence-corrected chi connectivity index (χ1v) is 10.4. The second-order valence-electron chi connectivity index (χ2n) is 7.71. The van der Waals surface area contributed by atoms with Crippen LogP contribution >= 0.6 is 0 Å². The van der Waals surface area contributed by atoms with E-state index >= 15 is 0 Å². The van der Waals surface area contributed by atoms with Crippen molar-refractivity contribution < 1.29 is 18.4 Å². The number of rotatable bonds is 5. The molecule has 31 heavy (non-hydrogen) atoms. The van der Waals surface area contributed by atoms with E-state index in [-0.39, 0.29) is 5.91 Å². The monoisotopic (exact) mass is 416 g/mol. The van der Waals surface area contributed by atoms with Gasteiger partial charge in [0.15, 0.2) is 5.76 Å². The molecule has 1 aliphatic heterocycles. The Morgan fingerprint density at radius 2 is 1.84 bits per heavy atom. The molecule has 5 rings (SSSR count). The number of ether oxygens (including phenoxy) is 1. The Bertz CT molecular complexity index is 1190. The smallest absolute Gasteiger partial charge is 0.289 e. The number of para-hydroxylation sites is 1. The molecule has 6 nitrogen and oxygen atoms in total. The van der Waals surface area contributed by atoms with E-state index < -0.39 is 0 Å². The number of piperazine rings is 1. The van der Waals surface area contributed by atoms with Crippen molar-refractivity contribution in [1.29, 1.82) is 0 Å². The van der Waals surface area contributed by atoms with Crippen LogP contribution in [0, 0.1) is 0 Å². The van der Waals surface area contributed by atoms with Crippen molar-refractivity contribution in [3.05, 3.63) is 78.4 Å². The van der Waals surface area contributed by atoms with Crippen LogP contribution < -0.4 is 4.74 Å². The summed E-state index contributed by atoms with van der Waals surface area (Å²) in [6, 6.07) is 19.8. The Morgan fingerprint density at radius 3 is 2.61 bits per heavy atom. The number of carbonyl (C=O) groups is 1. The quantitative estimate of drug-likeness (QED) is 0.474. The molecule has 0 N–H and O–H groups in total. The zero-order valence-electron chi connectivity index (χ0n) is 17.4. The van der Waals surface area contributed by atoms with Gasteiger partial charge in [-0.15, -0.1) is 0 Å². The first-order chi connectivity index (χ1) is 15.2. The fourth-order valence-electron chi connectivity index (χ4n) is 4.11. The van der Waals surface area contributed by atoms with Gasteiger partial charge in [-0.2, -0.15) is 0 Å². The Balaban J connectivity index is 1.27. The Kier molecular flexibility index (Phi) is 5.22. The lowest BCUT2D eigenvalue weighted by Gasteiger charge is -2.33. The largest absolute Gasteiger partial charge is 0.496 e. The first kappa shape index (κ1) is 19.5. The van der Waals surface area contributed by atoms with Crippen LogP contribution in [-0.2, 0) is 6.54 Å². The summed E-state index contributed by atoms with van der Waals surface area (Å²) in [6.07, 6.45) is 1.53. The summed E-state index contributed by atoms with van der Waals surface area (Å²) in [5, 5.41) is 1.07. The highest BCUT2D eigenvalue weighted by Gasteiger charge is 2.24. The molecule has 2 aromatic carbocycles. The molecule has 1 saturated heterocycles. The zero-order chi connectivity index (χ0) is 21.2. The van der Waals surface area contributed by atoms with Crippen molar-refractivity contribution in [1.82, 2.24) is 9.80 Å². The summed E-state index contributed by atoms with van der Waals surface area (Å²) >= 11 is 0. The van der Waals surface area contributed by atoms with Gasteiger partial charge in [0, 0.05) is 37.1 Å². The Labute approximate surface area is 180 Å². The third-order valence-electron chi connectivity index (χ3n) is 5.76. The summed E-state index contributed by atoms with van der Waals surface area (Å²) < 4.78 is 16.8. The number of nitrogens with zero attached hydrogens (tertiary/aromatic N) is 2. The van der Waals surface area contributed by atoms with Crippen LogP contribution in [-0.4, -0.2) is 49.0 Å². The molecule has 4 aromatic rings. The number of furan rings is 2. The van der Waals surface area contributed by atoms with E-state index in [0.717, 1.165) is 53.2 Å². The summed E-state index contributed by atoms with van der Waals surface area (Å²) in [4.78, 5) is 16.6. The fraction of sp³-hybridized carbons (Fsp3) is 0.240.